The average Bonchev–Trinajstić information content (AvgIpc) is 2.29. The van der Waals surface area contributed by atoms with Gasteiger partial charge in [0.2, 0.25) is 0 Å². The predicted octanol–water partition coefficient (Wildman–Crippen LogP) is 2.66. The van der Waals surface area contributed by atoms with Gasteiger partial charge in [-0.1, -0.05) is 26.0 Å². The molecule has 0 saturated heterocycles. The molecule has 0 aromatic heterocycles. The first kappa shape index (κ1) is 20.5. The summed E-state index contributed by atoms with van der Waals surface area (Å²) in [7, 11) is 0. The van der Waals surface area contributed by atoms with Crippen molar-refractivity contribution in [1.82, 2.24) is 5.32 Å². The molecule has 0 radical (unpaired) electrons. The predicted molar refractivity (Wildman–Crippen MR) is 85.1 cm³/mol. The maximum absolute atomic E-state index is 8.70. The van der Waals surface area contributed by atoms with Crippen LogP contribution >= 0.6 is 24.8 Å². The van der Waals surface area contributed by atoms with Crippen LogP contribution < -0.4 is 11.1 Å². The Kier molecular flexibility index (Phi) is 12.0. The summed E-state index contributed by atoms with van der Waals surface area (Å²) >= 11 is 0. The van der Waals surface area contributed by atoms with Gasteiger partial charge in [-0.2, -0.15) is 5.26 Å². The van der Waals surface area contributed by atoms with Gasteiger partial charge in [0.25, 0.3) is 0 Å². The van der Waals surface area contributed by atoms with Crippen LogP contribution in [-0.2, 0) is 6.42 Å². The van der Waals surface area contributed by atoms with Crippen molar-refractivity contribution in [3.8, 4) is 6.07 Å². The fourth-order valence-corrected chi connectivity index (χ4v) is 1.68. The van der Waals surface area contributed by atoms with Gasteiger partial charge in [-0.15, -0.1) is 24.8 Å². The Bertz CT molecular complexity index is 371. The molecule has 19 heavy (non-hydrogen) atoms. The third-order valence-corrected chi connectivity index (χ3v) is 2.65. The van der Waals surface area contributed by atoms with Crippen molar-refractivity contribution in [1.29, 1.82) is 5.26 Å². The van der Waals surface area contributed by atoms with Crippen LogP contribution in [0.4, 0.5) is 0 Å². The molecule has 1 rings (SSSR count). The van der Waals surface area contributed by atoms with Crippen LogP contribution in [0.15, 0.2) is 24.3 Å². The molecule has 1 unspecified atom stereocenters. The molecular formula is C14H23Cl2N3. The third kappa shape index (κ3) is 8.85. The minimum Gasteiger partial charge on any atom is -0.327 e. The standard InChI is InChI=1S/C14H21N3.2ClH/c1-11(2)17-8-7-14(16)9-12-3-5-13(10-15)6-4-12;;/h3-6,11,14,17H,7-9,16H2,1-2H3;2*1H. The fourth-order valence-electron chi connectivity index (χ4n) is 1.68. The summed E-state index contributed by atoms with van der Waals surface area (Å²) in [6.07, 6.45) is 1.84. The summed E-state index contributed by atoms with van der Waals surface area (Å²) in [5.41, 5.74) is 7.95. The van der Waals surface area contributed by atoms with Crippen molar-refractivity contribution in [3.63, 3.8) is 0 Å². The lowest BCUT2D eigenvalue weighted by molar-refractivity contribution is 0.521. The van der Waals surface area contributed by atoms with Crippen LogP contribution in [0.2, 0.25) is 0 Å². The zero-order chi connectivity index (χ0) is 12.7. The second kappa shape index (κ2) is 11.1. The number of nitrogens with two attached hydrogens (primary N) is 1. The molecule has 0 aliphatic rings. The monoisotopic (exact) mass is 303 g/mol. The Morgan fingerprint density at radius 2 is 1.79 bits per heavy atom. The molecule has 0 bridgehead atoms. The van der Waals surface area contributed by atoms with Crippen molar-refractivity contribution < 1.29 is 0 Å². The summed E-state index contributed by atoms with van der Waals surface area (Å²) in [6.45, 7) is 5.22. The zero-order valence-electron chi connectivity index (χ0n) is 11.4. The maximum atomic E-state index is 8.70. The highest BCUT2D eigenvalue weighted by molar-refractivity contribution is 5.85. The molecule has 0 aliphatic heterocycles. The Labute approximate surface area is 128 Å². The number of rotatable bonds is 6. The number of benzene rings is 1. The van der Waals surface area contributed by atoms with Gasteiger partial charge in [0, 0.05) is 12.1 Å². The van der Waals surface area contributed by atoms with E-state index >= 15 is 0 Å². The highest BCUT2D eigenvalue weighted by Gasteiger charge is 2.04. The minimum atomic E-state index is 0. The Balaban J connectivity index is 0. The van der Waals surface area contributed by atoms with Crippen molar-refractivity contribution in [3.05, 3.63) is 35.4 Å². The molecule has 0 fully saturated rings. The topological polar surface area (TPSA) is 61.8 Å². The van der Waals surface area contributed by atoms with Gasteiger partial charge in [0.1, 0.15) is 0 Å². The van der Waals surface area contributed by atoms with Crippen molar-refractivity contribution in [2.45, 2.75) is 38.8 Å². The van der Waals surface area contributed by atoms with E-state index in [9.17, 15) is 0 Å². The molecule has 0 amide bonds. The van der Waals surface area contributed by atoms with E-state index in [1.54, 1.807) is 0 Å². The molecule has 1 atom stereocenters. The lowest BCUT2D eigenvalue weighted by Gasteiger charge is -2.13. The smallest absolute Gasteiger partial charge is 0.0991 e. The molecule has 1 aromatic carbocycles. The quantitative estimate of drug-likeness (QED) is 0.849. The molecular weight excluding hydrogens is 281 g/mol. The van der Waals surface area contributed by atoms with E-state index in [1.165, 1.54) is 5.56 Å². The van der Waals surface area contributed by atoms with Crippen LogP contribution in [0, 0.1) is 11.3 Å². The van der Waals surface area contributed by atoms with Gasteiger partial charge in [0.05, 0.1) is 11.6 Å². The maximum Gasteiger partial charge on any atom is 0.0991 e. The molecule has 3 N–H and O–H groups in total. The molecule has 108 valence electrons. The number of nitrogens with one attached hydrogen (secondary N) is 1. The SMILES string of the molecule is CC(C)NCCC(N)Cc1ccc(C#N)cc1.Cl.Cl. The molecule has 3 nitrogen and oxygen atoms in total. The Hall–Kier alpha value is -0.790. The van der Waals surface area contributed by atoms with E-state index in [-0.39, 0.29) is 30.9 Å². The van der Waals surface area contributed by atoms with E-state index < -0.39 is 0 Å². The molecule has 0 saturated carbocycles. The molecule has 0 spiro atoms. The summed E-state index contributed by atoms with van der Waals surface area (Å²) in [5.74, 6) is 0. The highest BCUT2D eigenvalue weighted by atomic mass is 35.5. The van der Waals surface area contributed by atoms with E-state index in [4.69, 9.17) is 11.0 Å². The normalized spacial score (nSPS) is 11.1. The lowest BCUT2D eigenvalue weighted by atomic mass is 10.0. The Morgan fingerprint density at radius 3 is 2.26 bits per heavy atom. The summed E-state index contributed by atoms with van der Waals surface area (Å²) < 4.78 is 0. The third-order valence-electron chi connectivity index (χ3n) is 2.65. The van der Waals surface area contributed by atoms with E-state index in [0.29, 0.717) is 11.6 Å². The highest BCUT2D eigenvalue weighted by Crippen LogP contribution is 2.06. The van der Waals surface area contributed by atoms with Gasteiger partial charge in [-0.25, -0.2) is 0 Å². The van der Waals surface area contributed by atoms with Crippen LogP contribution in [0.1, 0.15) is 31.4 Å². The van der Waals surface area contributed by atoms with Crippen LogP contribution in [-0.4, -0.2) is 18.6 Å². The lowest BCUT2D eigenvalue weighted by Crippen LogP contribution is -2.31. The summed E-state index contributed by atoms with van der Waals surface area (Å²) in [5, 5.41) is 12.1. The summed E-state index contributed by atoms with van der Waals surface area (Å²) in [4.78, 5) is 0. The van der Waals surface area contributed by atoms with Crippen LogP contribution in [0.3, 0.4) is 0 Å². The van der Waals surface area contributed by atoms with Crippen molar-refractivity contribution in [2.75, 3.05) is 6.54 Å². The Morgan fingerprint density at radius 1 is 1.21 bits per heavy atom. The van der Waals surface area contributed by atoms with E-state index in [2.05, 4.69) is 25.2 Å². The minimum absolute atomic E-state index is 0. The zero-order valence-corrected chi connectivity index (χ0v) is 13.1. The van der Waals surface area contributed by atoms with E-state index in [0.717, 1.165) is 19.4 Å². The fraction of sp³-hybridized carbons (Fsp3) is 0.500. The number of hydrogen-bond acceptors (Lipinski definition) is 3. The first-order chi connectivity index (χ1) is 8.11. The number of hydrogen-bond donors (Lipinski definition) is 2. The largest absolute Gasteiger partial charge is 0.327 e. The molecule has 0 aliphatic carbocycles. The van der Waals surface area contributed by atoms with Crippen molar-refractivity contribution >= 4 is 24.8 Å². The molecule has 1 aromatic rings. The van der Waals surface area contributed by atoms with Crippen LogP contribution in [0.5, 0.6) is 0 Å². The number of nitriles is 1. The van der Waals surface area contributed by atoms with Gasteiger partial charge < -0.3 is 11.1 Å². The number of nitrogens with zero attached hydrogens (tertiary/aromatic N) is 1. The van der Waals surface area contributed by atoms with E-state index in [1.807, 2.05) is 24.3 Å². The second-order valence-electron chi connectivity index (χ2n) is 4.67. The second-order valence-corrected chi connectivity index (χ2v) is 4.67. The van der Waals surface area contributed by atoms with Crippen LogP contribution in [0.25, 0.3) is 0 Å². The van der Waals surface area contributed by atoms with Gasteiger partial charge in [0.15, 0.2) is 0 Å². The first-order valence-corrected chi connectivity index (χ1v) is 6.10. The van der Waals surface area contributed by atoms with Crippen molar-refractivity contribution in [2.24, 2.45) is 5.73 Å². The van der Waals surface area contributed by atoms with Gasteiger partial charge in [-0.3, -0.25) is 0 Å². The average molecular weight is 304 g/mol. The van der Waals surface area contributed by atoms with Gasteiger partial charge in [-0.05, 0) is 37.1 Å². The van der Waals surface area contributed by atoms with Gasteiger partial charge >= 0.3 is 0 Å². The number of halogens is 2. The molecule has 0 heterocycles. The summed E-state index contributed by atoms with van der Waals surface area (Å²) in [6, 6.07) is 10.4. The molecule has 5 heteroatoms. The first-order valence-electron chi connectivity index (χ1n) is 6.10.